The fraction of sp³-hybridized carbons (Fsp3) is 1.00. The zero-order valence-corrected chi connectivity index (χ0v) is 9.78. The van der Waals surface area contributed by atoms with Gasteiger partial charge in [0.1, 0.15) is 0 Å². The van der Waals surface area contributed by atoms with Crippen LogP contribution in [0.25, 0.3) is 0 Å². The van der Waals surface area contributed by atoms with Gasteiger partial charge in [0.05, 0.1) is 11.5 Å². The predicted molar refractivity (Wildman–Crippen MR) is 54.6 cm³/mol. The smallest absolute Gasteiger partial charge is 0.150 e. The summed E-state index contributed by atoms with van der Waals surface area (Å²) in [6.45, 7) is 6.31. The Hall–Kier alpha value is -0.0900. The minimum absolute atomic E-state index is 0.147. The predicted octanol–water partition coefficient (Wildman–Crippen LogP) is 1.48. The van der Waals surface area contributed by atoms with Crippen LogP contribution >= 0.6 is 0 Å². The van der Waals surface area contributed by atoms with Crippen LogP contribution in [0.2, 0.25) is 0 Å². The van der Waals surface area contributed by atoms with Crippen molar-refractivity contribution in [3.05, 3.63) is 0 Å². The summed E-state index contributed by atoms with van der Waals surface area (Å²) in [6, 6.07) is 0. The van der Waals surface area contributed by atoms with Crippen molar-refractivity contribution in [2.45, 2.75) is 27.2 Å². The Kier molecular flexibility index (Phi) is 4.92. The lowest BCUT2D eigenvalue weighted by Gasteiger charge is -2.17. The molecule has 0 aliphatic heterocycles. The molecular weight excluding hydrogens is 188 g/mol. The van der Waals surface area contributed by atoms with Crippen LogP contribution in [-0.4, -0.2) is 33.6 Å². The van der Waals surface area contributed by atoms with Gasteiger partial charge in [-0.3, -0.25) is 0 Å². The molecule has 0 aromatic rings. The summed E-state index contributed by atoms with van der Waals surface area (Å²) >= 11 is 0. The van der Waals surface area contributed by atoms with Gasteiger partial charge in [-0.15, -0.1) is 0 Å². The number of ether oxygens (including phenoxy) is 1. The summed E-state index contributed by atoms with van der Waals surface area (Å²) in [5, 5.41) is 0. The fourth-order valence-electron chi connectivity index (χ4n) is 1.16. The fourth-order valence-corrected chi connectivity index (χ4v) is 3.18. The third kappa shape index (κ3) is 8.25. The third-order valence-corrected chi connectivity index (χ3v) is 3.67. The summed E-state index contributed by atoms with van der Waals surface area (Å²) in [6.07, 6.45) is 0.592. The second kappa shape index (κ2) is 4.96. The topological polar surface area (TPSA) is 43.4 Å². The first kappa shape index (κ1) is 12.9. The quantitative estimate of drug-likeness (QED) is 0.643. The highest BCUT2D eigenvalue weighted by molar-refractivity contribution is 7.91. The average Bonchev–Trinajstić information content (AvgIpc) is 1.81. The van der Waals surface area contributed by atoms with Crippen LogP contribution in [0.5, 0.6) is 0 Å². The van der Waals surface area contributed by atoms with Crippen LogP contribution in [0.15, 0.2) is 0 Å². The van der Waals surface area contributed by atoms with Gasteiger partial charge in [-0.05, 0) is 11.8 Å². The van der Waals surface area contributed by atoms with Gasteiger partial charge in [0.15, 0.2) is 9.84 Å². The molecule has 4 heteroatoms. The van der Waals surface area contributed by atoms with Gasteiger partial charge in [-0.25, -0.2) is 8.42 Å². The second-order valence-electron chi connectivity index (χ2n) is 4.50. The molecule has 0 unspecified atom stereocenters. The van der Waals surface area contributed by atoms with Crippen molar-refractivity contribution in [1.29, 1.82) is 0 Å². The molecule has 0 atom stereocenters. The normalized spacial score (nSPS) is 13.2. The summed E-state index contributed by atoms with van der Waals surface area (Å²) in [5.74, 6) is 0.488. The molecule has 0 aromatic carbocycles. The van der Waals surface area contributed by atoms with Gasteiger partial charge in [-0.1, -0.05) is 20.8 Å². The van der Waals surface area contributed by atoms with E-state index in [0.29, 0.717) is 13.0 Å². The van der Waals surface area contributed by atoms with Crippen LogP contribution in [0.3, 0.4) is 0 Å². The molecule has 0 fully saturated rings. The molecule has 0 aliphatic rings. The van der Waals surface area contributed by atoms with Crippen LogP contribution in [0, 0.1) is 5.41 Å². The summed E-state index contributed by atoms with van der Waals surface area (Å²) in [5.41, 5.74) is -0.147. The van der Waals surface area contributed by atoms with Crippen molar-refractivity contribution in [2.24, 2.45) is 5.41 Å². The molecule has 13 heavy (non-hydrogen) atoms. The Morgan fingerprint density at radius 1 is 1.23 bits per heavy atom. The maximum atomic E-state index is 11.5. The molecule has 0 aliphatic carbocycles. The van der Waals surface area contributed by atoms with E-state index in [1.807, 2.05) is 20.8 Å². The van der Waals surface area contributed by atoms with E-state index in [1.54, 1.807) is 7.11 Å². The average molecular weight is 208 g/mol. The first-order chi connectivity index (χ1) is 5.77. The number of methoxy groups -OCH3 is 1. The van der Waals surface area contributed by atoms with Gasteiger partial charge in [0, 0.05) is 13.7 Å². The van der Waals surface area contributed by atoms with Crippen LogP contribution < -0.4 is 0 Å². The third-order valence-electron chi connectivity index (χ3n) is 1.46. The highest BCUT2D eigenvalue weighted by Crippen LogP contribution is 2.16. The van der Waals surface area contributed by atoms with E-state index in [9.17, 15) is 8.42 Å². The van der Waals surface area contributed by atoms with Gasteiger partial charge < -0.3 is 4.74 Å². The summed E-state index contributed by atoms with van der Waals surface area (Å²) in [4.78, 5) is 0. The highest BCUT2D eigenvalue weighted by atomic mass is 32.2. The molecule has 0 saturated carbocycles. The van der Waals surface area contributed by atoms with E-state index in [2.05, 4.69) is 0 Å². The minimum Gasteiger partial charge on any atom is -0.385 e. The molecule has 0 rings (SSSR count). The lowest BCUT2D eigenvalue weighted by atomic mass is 10.0. The maximum absolute atomic E-state index is 11.5. The molecule has 0 aromatic heterocycles. The minimum atomic E-state index is -2.89. The van der Waals surface area contributed by atoms with Crippen molar-refractivity contribution < 1.29 is 13.2 Å². The van der Waals surface area contributed by atoms with E-state index < -0.39 is 9.84 Å². The lowest BCUT2D eigenvalue weighted by molar-refractivity contribution is 0.199. The number of sulfone groups is 1. The molecule has 0 bridgehead atoms. The van der Waals surface area contributed by atoms with Crippen molar-refractivity contribution >= 4 is 9.84 Å². The summed E-state index contributed by atoms with van der Waals surface area (Å²) in [7, 11) is -1.31. The van der Waals surface area contributed by atoms with Crippen molar-refractivity contribution in [2.75, 3.05) is 25.2 Å². The first-order valence-electron chi connectivity index (χ1n) is 4.46. The van der Waals surface area contributed by atoms with E-state index in [1.165, 1.54) is 0 Å². The van der Waals surface area contributed by atoms with Gasteiger partial charge in [0.2, 0.25) is 0 Å². The molecule has 0 spiro atoms. The number of hydrogen-bond donors (Lipinski definition) is 0. The van der Waals surface area contributed by atoms with E-state index >= 15 is 0 Å². The first-order valence-corrected chi connectivity index (χ1v) is 6.28. The van der Waals surface area contributed by atoms with Crippen LogP contribution in [-0.2, 0) is 14.6 Å². The van der Waals surface area contributed by atoms with Gasteiger partial charge in [0.25, 0.3) is 0 Å². The van der Waals surface area contributed by atoms with Crippen LogP contribution in [0.4, 0.5) is 0 Å². The number of hydrogen-bond acceptors (Lipinski definition) is 3. The molecule has 0 heterocycles. The molecular formula is C9H20O3S. The van der Waals surface area contributed by atoms with Crippen molar-refractivity contribution in [1.82, 2.24) is 0 Å². The second-order valence-corrected chi connectivity index (χ2v) is 6.68. The van der Waals surface area contributed by atoms with E-state index in [-0.39, 0.29) is 16.9 Å². The number of rotatable bonds is 5. The molecule has 80 valence electrons. The Labute approximate surface area is 81.4 Å². The van der Waals surface area contributed by atoms with Crippen molar-refractivity contribution in [3.8, 4) is 0 Å². The van der Waals surface area contributed by atoms with E-state index in [4.69, 9.17) is 4.74 Å². The zero-order valence-electron chi connectivity index (χ0n) is 8.96. The molecule has 3 nitrogen and oxygen atoms in total. The Bertz CT molecular complexity index is 224. The molecule has 0 amide bonds. The van der Waals surface area contributed by atoms with Gasteiger partial charge in [-0.2, -0.15) is 0 Å². The van der Waals surface area contributed by atoms with Gasteiger partial charge >= 0.3 is 0 Å². The maximum Gasteiger partial charge on any atom is 0.150 e. The van der Waals surface area contributed by atoms with Crippen molar-refractivity contribution in [3.63, 3.8) is 0 Å². The molecule has 0 radical (unpaired) electrons. The monoisotopic (exact) mass is 208 g/mol. The van der Waals surface area contributed by atoms with Crippen LogP contribution in [0.1, 0.15) is 27.2 Å². The summed E-state index contributed by atoms with van der Waals surface area (Å²) < 4.78 is 27.7. The largest absolute Gasteiger partial charge is 0.385 e. The Morgan fingerprint density at radius 3 is 2.15 bits per heavy atom. The SMILES string of the molecule is COCCCS(=O)(=O)CC(C)(C)C. The van der Waals surface area contributed by atoms with E-state index in [0.717, 1.165) is 0 Å². The lowest BCUT2D eigenvalue weighted by Crippen LogP contribution is -2.23. The standard InChI is InChI=1S/C9H20O3S/c1-9(2,3)8-13(10,11)7-5-6-12-4/h5-8H2,1-4H3. The highest BCUT2D eigenvalue weighted by Gasteiger charge is 2.20. The molecule has 0 N–H and O–H groups in total. The molecule has 0 saturated heterocycles. The Balaban J connectivity index is 3.96. The Morgan fingerprint density at radius 2 is 1.77 bits per heavy atom. The zero-order chi connectivity index (χ0) is 10.5.